The van der Waals surface area contributed by atoms with Gasteiger partial charge < -0.3 is 10.6 Å². The zero-order chi connectivity index (χ0) is 22.1. The Morgan fingerprint density at radius 2 is 1.93 bits per heavy atom. The molecule has 0 aromatic heterocycles. The van der Waals surface area contributed by atoms with E-state index in [2.05, 4.69) is 0 Å². The number of alkyl halides is 3. The molecule has 2 aromatic rings. The van der Waals surface area contributed by atoms with Gasteiger partial charge in [0.2, 0.25) is 5.91 Å². The van der Waals surface area contributed by atoms with E-state index < -0.39 is 11.7 Å². The number of halogens is 5. The van der Waals surface area contributed by atoms with Gasteiger partial charge in [-0.05, 0) is 72.6 Å². The summed E-state index contributed by atoms with van der Waals surface area (Å²) in [5.74, 6) is -0.121. The first-order valence-corrected chi connectivity index (χ1v) is 10.4. The monoisotopic (exact) mass is 458 g/mol. The molecule has 2 atom stereocenters. The van der Waals surface area contributed by atoms with Crippen molar-refractivity contribution in [1.82, 2.24) is 4.90 Å². The van der Waals surface area contributed by atoms with Gasteiger partial charge in [-0.1, -0.05) is 29.3 Å². The van der Waals surface area contributed by atoms with Gasteiger partial charge in [-0.15, -0.1) is 0 Å². The Bertz CT molecular complexity index is 933. The first kappa shape index (κ1) is 22.8. The number of rotatable bonds is 6. The van der Waals surface area contributed by atoms with Crippen LogP contribution >= 0.6 is 23.2 Å². The molecule has 0 saturated carbocycles. The molecule has 0 radical (unpaired) electrons. The molecule has 1 fully saturated rings. The molecule has 3 rings (SSSR count). The smallest absolute Gasteiger partial charge is 0.398 e. The number of likely N-dealkylation sites (tertiary alicyclic amines) is 1. The second-order valence-corrected chi connectivity index (χ2v) is 8.74. The molecule has 1 aliphatic rings. The highest BCUT2D eigenvalue weighted by Crippen LogP contribution is 2.37. The fourth-order valence-electron chi connectivity index (χ4n) is 4.09. The normalized spacial score (nSPS) is 18.1. The Hall–Kier alpha value is -1.92. The molecule has 1 unspecified atom stereocenters. The molecule has 0 aliphatic carbocycles. The third kappa shape index (κ3) is 5.41. The third-order valence-electron chi connectivity index (χ3n) is 5.76. The standard InChI is InChI=1S/C22H23Cl2F3N2O/c1-29-12-16(11-21(29)30)14(4-2-13-3-7-20(28)19(24)8-13)9-15-10-17(23)5-6-18(15)22(25,26)27/h3,5-8,10,14,16H,2,4,9,11-12,28H2,1H3/t14?,16-/m0/s1. The molecular weight excluding hydrogens is 436 g/mol. The number of nitrogens with zero attached hydrogens (tertiary/aromatic N) is 1. The van der Waals surface area contributed by atoms with E-state index in [0.717, 1.165) is 11.6 Å². The second kappa shape index (κ2) is 9.06. The number of aryl methyl sites for hydroxylation is 1. The molecule has 1 heterocycles. The first-order chi connectivity index (χ1) is 14.0. The molecule has 0 bridgehead atoms. The van der Waals surface area contributed by atoms with Crippen molar-refractivity contribution < 1.29 is 18.0 Å². The van der Waals surface area contributed by atoms with Gasteiger partial charge in [0.1, 0.15) is 0 Å². The number of amides is 1. The van der Waals surface area contributed by atoms with Gasteiger partial charge in [0.25, 0.3) is 0 Å². The van der Waals surface area contributed by atoms with Crippen LogP contribution in [0, 0.1) is 11.8 Å². The van der Waals surface area contributed by atoms with E-state index in [9.17, 15) is 18.0 Å². The zero-order valence-corrected chi connectivity index (χ0v) is 18.0. The van der Waals surface area contributed by atoms with Gasteiger partial charge in [0, 0.05) is 25.0 Å². The van der Waals surface area contributed by atoms with Crippen LogP contribution in [0.2, 0.25) is 10.0 Å². The number of nitrogens with two attached hydrogens (primary N) is 1. The maximum absolute atomic E-state index is 13.5. The highest BCUT2D eigenvalue weighted by atomic mass is 35.5. The molecule has 1 aliphatic heterocycles. The van der Waals surface area contributed by atoms with Crippen LogP contribution in [0.15, 0.2) is 36.4 Å². The van der Waals surface area contributed by atoms with Crippen molar-refractivity contribution >= 4 is 34.8 Å². The summed E-state index contributed by atoms with van der Waals surface area (Å²) >= 11 is 12.1. The number of hydrogen-bond donors (Lipinski definition) is 1. The van der Waals surface area contributed by atoms with Crippen molar-refractivity contribution in [3.8, 4) is 0 Å². The van der Waals surface area contributed by atoms with Crippen molar-refractivity contribution in [1.29, 1.82) is 0 Å². The highest BCUT2D eigenvalue weighted by molar-refractivity contribution is 6.33. The summed E-state index contributed by atoms with van der Waals surface area (Å²) < 4.78 is 40.6. The quantitative estimate of drug-likeness (QED) is 0.550. The van der Waals surface area contributed by atoms with Crippen LogP contribution in [0.4, 0.5) is 18.9 Å². The van der Waals surface area contributed by atoms with E-state index in [-0.39, 0.29) is 34.7 Å². The van der Waals surface area contributed by atoms with Crippen molar-refractivity contribution in [2.24, 2.45) is 11.8 Å². The van der Waals surface area contributed by atoms with Gasteiger partial charge in [-0.25, -0.2) is 0 Å². The summed E-state index contributed by atoms with van der Waals surface area (Å²) in [5, 5.41) is 0.718. The molecule has 1 amide bonds. The van der Waals surface area contributed by atoms with E-state index in [1.165, 1.54) is 12.1 Å². The predicted octanol–water partition coefficient (Wildman–Crippen LogP) is 5.86. The molecule has 8 heteroatoms. The van der Waals surface area contributed by atoms with Crippen molar-refractivity contribution in [2.75, 3.05) is 19.3 Å². The molecule has 3 nitrogen and oxygen atoms in total. The minimum atomic E-state index is -4.46. The summed E-state index contributed by atoms with van der Waals surface area (Å²) in [6, 6.07) is 9.04. The van der Waals surface area contributed by atoms with Crippen LogP contribution in [0.5, 0.6) is 0 Å². The number of carbonyl (C=O) groups excluding carboxylic acids is 1. The van der Waals surface area contributed by atoms with Crippen molar-refractivity contribution in [2.45, 2.75) is 31.9 Å². The summed E-state index contributed by atoms with van der Waals surface area (Å²) in [7, 11) is 1.72. The van der Waals surface area contributed by atoms with Gasteiger partial charge in [0.15, 0.2) is 0 Å². The SMILES string of the molecule is CN1C[C@@H](C(CCc2ccc(N)c(Cl)c2)Cc2cc(Cl)ccc2C(F)(F)F)CC1=O. The van der Waals surface area contributed by atoms with Crippen LogP contribution in [0.3, 0.4) is 0 Å². The Morgan fingerprint density at radius 1 is 1.20 bits per heavy atom. The van der Waals surface area contributed by atoms with E-state index in [1.54, 1.807) is 24.1 Å². The fraction of sp³-hybridized carbons (Fsp3) is 0.409. The molecule has 0 spiro atoms. The topological polar surface area (TPSA) is 46.3 Å². The van der Waals surface area contributed by atoms with Crippen molar-refractivity contribution in [3.63, 3.8) is 0 Å². The van der Waals surface area contributed by atoms with Crippen LogP contribution in [-0.2, 0) is 23.8 Å². The van der Waals surface area contributed by atoms with Gasteiger partial charge in [-0.2, -0.15) is 13.2 Å². The maximum Gasteiger partial charge on any atom is 0.416 e. The van der Waals surface area contributed by atoms with Crippen LogP contribution in [-0.4, -0.2) is 24.4 Å². The number of carbonyl (C=O) groups is 1. The largest absolute Gasteiger partial charge is 0.416 e. The lowest BCUT2D eigenvalue weighted by Gasteiger charge is -2.25. The number of benzene rings is 2. The fourth-order valence-corrected chi connectivity index (χ4v) is 4.48. The van der Waals surface area contributed by atoms with Crippen LogP contribution in [0.25, 0.3) is 0 Å². The minimum Gasteiger partial charge on any atom is -0.398 e. The zero-order valence-electron chi connectivity index (χ0n) is 16.5. The molecule has 2 aromatic carbocycles. The average molecular weight is 459 g/mol. The third-order valence-corrected chi connectivity index (χ3v) is 6.32. The van der Waals surface area contributed by atoms with E-state index >= 15 is 0 Å². The minimum absolute atomic E-state index is 0.0164. The van der Waals surface area contributed by atoms with E-state index in [1.807, 2.05) is 6.07 Å². The lowest BCUT2D eigenvalue weighted by atomic mass is 9.81. The molecule has 1 saturated heterocycles. The summed E-state index contributed by atoms with van der Waals surface area (Å²) in [6.45, 7) is 0.536. The predicted molar refractivity (Wildman–Crippen MR) is 114 cm³/mol. The second-order valence-electron chi connectivity index (χ2n) is 7.90. The number of anilines is 1. The summed E-state index contributed by atoms with van der Waals surface area (Å²) in [6.07, 6.45) is -2.68. The van der Waals surface area contributed by atoms with Crippen LogP contribution < -0.4 is 5.73 Å². The Morgan fingerprint density at radius 3 is 2.53 bits per heavy atom. The summed E-state index contributed by atoms with van der Waals surface area (Å²) in [4.78, 5) is 13.7. The average Bonchev–Trinajstić information content (AvgIpc) is 2.99. The molecule has 2 N–H and O–H groups in total. The van der Waals surface area contributed by atoms with E-state index in [4.69, 9.17) is 28.9 Å². The lowest BCUT2D eigenvalue weighted by Crippen LogP contribution is -2.24. The van der Waals surface area contributed by atoms with Gasteiger partial charge >= 0.3 is 6.18 Å². The Balaban J connectivity index is 1.86. The van der Waals surface area contributed by atoms with Gasteiger partial charge in [-0.3, -0.25) is 4.79 Å². The molecular formula is C22H23Cl2F3N2O. The van der Waals surface area contributed by atoms with Gasteiger partial charge in [0.05, 0.1) is 16.3 Å². The molecule has 162 valence electrons. The summed E-state index contributed by atoms with van der Waals surface area (Å²) in [5.41, 5.74) is 6.68. The van der Waals surface area contributed by atoms with Crippen molar-refractivity contribution in [3.05, 3.63) is 63.1 Å². The lowest BCUT2D eigenvalue weighted by molar-refractivity contribution is -0.138. The number of hydrogen-bond acceptors (Lipinski definition) is 2. The maximum atomic E-state index is 13.5. The van der Waals surface area contributed by atoms with E-state index in [0.29, 0.717) is 36.5 Å². The number of nitrogen functional groups attached to an aromatic ring is 1. The molecule has 30 heavy (non-hydrogen) atoms. The highest BCUT2D eigenvalue weighted by Gasteiger charge is 2.37. The van der Waals surface area contributed by atoms with Crippen LogP contribution in [0.1, 0.15) is 29.5 Å². The first-order valence-electron chi connectivity index (χ1n) is 9.68. The Labute approximate surface area is 183 Å². The Kier molecular flexibility index (Phi) is 6.88.